The number of halogens is 1. The lowest BCUT2D eigenvalue weighted by atomic mass is 10.1. The van der Waals surface area contributed by atoms with Crippen LogP contribution in [-0.2, 0) is 9.84 Å². The molecule has 3 rings (SSSR count). The Bertz CT molecular complexity index is 1240. The predicted octanol–water partition coefficient (Wildman–Crippen LogP) is 3.85. The highest BCUT2D eigenvalue weighted by molar-refractivity contribution is 7.90. The molecule has 2 aromatic carbocycles. The van der Waals surface area contributed by atoms with Crippen molar-refractivity contribution in [2.45, 2.75) is 18.2 Å². The van der Waals surface area contributed by atoms with Crippen LogP contribution in [0.25, 0.3) is 16.8 Å². The van der Waals surface area contributed by atoms with E-state index in [0.29, 0.717) is 23.2 Å². The van der Waals surface area contributed by atoms with Crippen molar-refractivity contribution in [3.63, 3.8) is 0 Å². The Balaban J connectivity index is 2.07. The van der Waals surface area contributed by atoms with E-state index in [-0.39, 0.29) is 23.2 Å². The fourth-order valence-corrected chi connectivity index (χ4v) is 3.61. The zero-order valence-corrected chi connectivity index (χ0v) is 18.6. The van der Waals surface area contributed by atoms with Crippen molar-refractivity contribution in [3.05, 3.63) is 70.9 Å². The Morgan fingerprint density at radius 2 is 1.81 bits per heavy atom. The van der Waals surface area contributed by atoms with Gasteiger partial charge in [-0.15, -0.1) is 0 Å². The van der Waals surface area contributed by atoms with Gasteiger partial charge in [-0.1, -0.05) is 31.3 Å². The van der Waals surface area contributed by atoms with Crippen LogP contribution in [0, 0.1) is 11.7 Å². The monoisotopic (exact) mass is 460 g/mol. The van der Waals surface area contributed by atoms with Crippen LogP contribution < -0.4 is 10.3 Å². The topological polar surface area (TPSA) is 78.3 Å². The van der Waals surface area contributed by atoms with E-state index in [4.69, 9.17) is 17.0 Å². The smallest absolute Gasteiger partial charge is 0.314 e. The lowest BCUT2D eigenvalue weighted by Crippen LogP contribution is -2.24. The second kappa shape index (κ2) is 9.49. The lowest BCUT2D eigenvalue weighted by molar-refractivity contribution is 0.296. The third kappa shape index (κ3) is 5.42. The first-order valence-electron chi connectivity index (χ1n) is 9.47. The average Bonchev–Trinajstić information content (AvgIpc) is 2.75. The molecule has 9 heteroatoms. The Morgan fingerprint density at radius 1 is 1.16 bits per heavy atom. The summed E-state index contributed by atoms with van der Waals surface area (Å²) < 4.78 is 43.7. The standard InChI is InChI=1S/C22H21FN2O4S2/c1-15(14-30)11-12-29-21-20(16-3-9-19(10-4-16)31(2,27)28)13-24-25(22(21)26)18-7-5-17(23)6-8-18/h3-10,13-15H,11-12H2,1-2H3. The van der Waals surface area contributed by atoms with Gasteiger partial charge in [-0.25, -0.2) is 12.8 Å². The van der Waals surface area contributed by atoms with E-state index in [2.05, 4.69) is 5.10 Å². The van der Waals surface area contributed by atoms with Crippen molar-refractivity contribution >= 4 is 27.4 Å². The minimum absolute atomic E-state index is 0.0722. The molecule has 0 spiro atoms. The van der Waals surface area contributed by atoms with Crippen LogP contribution in [0.1, 0.15) is 13.3 Å². The highest BCUT2D eigenvalue weighted by Crippen LogP contribution is 2.28. The van der Waals surface area contributed by atoms with E-state index in [1.54, 1.807) is 17.5 Å². The molecule has 31 heavy (non-hydrogen) atoms. The quantitative estimate of drug-likeness (QED) is 0.475. The molecule has 0 fully saturated rings. The van der Waals surface area contributed by atoms with Crippen LogP contribution in [0.3, 0.4) is 0 Å². The van der Waals surface area contributed by atoms with E-state index in [1.165, 1.54) is 42.6 Å². The maximum Gasteiger partial charge on any atom is 0.314 e. The summed E-state index contributed by atoms with van der Waals surface area (Å²) in [6, 6.07) is 11.5. The summed E-state index contributed by atoms with van der Waals surface area (Å²) in [5, 5.41) is 5.84. The second-order valence-corrected chi connectivity index (χ2v) is 9.42. The molecule has 0 amide bonds. The van der Waals surface area contributed by atoms with Gasteiger partial charge in [-0.3, -0.25) is 4.79 Å². The Kier molecular flexibility index (Phi) is 6.97. The van der Waals surface area contributed by atoms with Gasteiger partial charge in [0, 0.05) is 11.8 Å². The Morgan fingerprint density at radius 3 is 2.39 bits per heavy atom. The predicted molar refractivity (Wildman–Crippen MR) is 121 cm³/mol. The Hall–Kier alpha value is -2.91. The molecule has 0 N–H and O–H groups in total. The minimum atomic E-state index is -3.35. The largest absolute Gasteiger partial charge is 0.487 e. The highest BCUT2D eigenvalue weighted by Gasteiger charge is 2.17. The lowest BCUT2D eigenvalue weighted by Gasteiger charge is -2.14. The minimum Gasteiger partial charge on any atom is -0.487 e. The number of thiocarbonyl (C=S) groups is 1. The molecule has 0 aliphatic carbocycles. The van der Waals surface area contributed by atoms with Gasteiger partial charge >= 0.3 is 5.56 Å². The third-order valence-electron chi connectivity index (χ3n) is 4.65. The van der Waals surface area contributed by atoms with Crippen molar-refractivity contribution in [3.8, 4) is 22.6 Å². The van der Waals surface area contributed by atoms with Crippen molar-refractivity contribution in [1.82, 2.24) is 9.78 Å². The van der Waals surface area contributed by atoms with Gasteiger partial charge in [0.05, 0.1) is 23.4 Å². The van der Waals surface area contributed by atoms with Gasteiger partial charge in [0.25, 0.3) is 0 Å². The molecule has 1 aromatic heterocycles. The van der Waals surface area contributed by atoms with Crippen LogP contribution in [0.15, 0.2) is 64.4 Å². The molecule has 1 atom stereocenters. The molecule has 0 radical (unpaired) electrons. The first kappa shape index (κ1) is 22.8. The number of hydrogen-bond donors (Lipinski definition) is 0. The van der Waals surface area contributed by atoms with Crippen molar-refractivity contribution < 1.29 is 17.5 Å². The van der Waals surface area contributed by atoms with Crippen molar-refractivity contribution in [2.24, 2.45) is 5.92 Å². The number of ether oxygens (including phenoxy) is 1. The van der Waals surface area contributed by atoms with Gasteiger partial charge < -0.3 is 4.74 Å². The van der Waals surface area contributed by atoms with E-state index in [1.807, 2.05) is 6.92 Å². The molecule has 162 valence electrons. The molecule has 0 bridgehead atoms. The molecule has 0 aliphatic rings. The SMILES string of the molecule is CC(C=S)CCOc1c(-c2ccc(S(C)(=O)=O)cc2)cnn(-c2ccc(F)cc2)c1=O. The number of nitrogens with zero attached hydrogens (tertiary/aromatic N) is 2. The van der Waals surface area contributed by atoms with Gasteiger partial charge in [0.1, 0.15) is 5.82 Å². The summed E-state index contributed by atoms with van der Waals surface area (Å²) in [5.74, 6) is -0.221. The van der Waals surface area contributed by atoms with Gasteiger partial charge in [0.15, 0.2) is 15.6 Å². The van der Waals surface area contributed by atoms with Crippen molar-refractivity contribution in [2.75, 3.05) is 12.9 Å². The molecule has 0 aliphatic heterocycles. The molecule has 1 heterocycles. The normalized spacial score (nSPS) is 12.4. The molecular weight excluding hydrogens is 439 g/mol. The van der Waals surface area contributed by atoms with E-state index in [9.17, 15) is 17.6 Å². The molecule has 0 saturated carbocycles. The van der Waals surface area contributed by atoms with E-state index in [0.717, 1.165) is 10.9 Å². The summed E-state index contributed by atoms with van der Waals surface area (Å²) >= 11 is 4.93. The maximum absolute atomic E-state index is 13.3. The fraction of sp³-hybridized carbons (Fsp3) is 0.227. The van der Waals surface area contributed by atoms with Gasteiger partial charge in [-0.2, -0.15) is 9.78 Å². The number of hydrogen-bond acceptors (Lipinski definition) is 6. The number of sulfone groups is 1. The maximum atomic E-state index is 13.3. The summed E-state index contributed by atoms with van der Waals surface area (Å²) in [6.07, 6.45) is 3.21. The summed E-state index contributed by atoms with van der Waals surface area (Å²) in [7, 11) is -3.35. The van der Waals surface area contributed by atoms with E-state index < -0.39 is 21.2 Å². The fourth-order valence-electron chi connectivity index (χ4n) is 2.85. The Labute approximate surface area is 185 Å². The zero-order chi connectivity index (χ0) is 22.6. The number of aromatic nitrogens is 2. The molecular formula is C22H21FN2O4S2. The molecule has 1 unspecified atom stereocenters. The number of benzene rings is 2. The summed E-state index contributed by atoms with van der Waals surface area (Å²) in [5.41, 5.74) is 0.897. The second-order valence-electron chi connectivity index (χ2n) is 7.13. The van der Waals surface area contributed by atoms with Gasteiger partial charge in [-0.05, 0) is 59.7 Å². The first-order chi connectivity index (χ1) is 14.7. The van der Waals surface area contributed by atoms with Crippen LogP contribution in [0.5, 0.6) is 5.75 Å². The molecule has 6 nitrogen and oxygen atoms in total. The van der Waals surface area contributed by atoms with Crippen LogP contribution >= 0.6 is 12.2 Å². The van der Waals surface area contributed by atoms with Crippen LogP contribution in [0.2, 0.25) is 0 Å². The average molecular weight is 461 g/mol. The summed E-state index contributed by atoms with van der Waals surface area (Å²) in [4.78, 5) is 13.3. The third-order valence-corrected chi connectivity index (χ3v) is 6.24. The first-order valence-corrected chi connectivity index (χ1v) is 11.8. The molecule has 0 saturated heterocycles. The highest BCUT2D eigenvalue weighted by atomic mass is 32.2. The van der Waals surface area contributed by atoms with Crippen LogP contribution in [-0.4, -0.2) is 36.4 Å². The summed E-state index contributed by atoms with van der Waals surface area (Å²) in [6.45, 7) is 2.20. The zero-order valence-electron chi connectivity index (χ0n) is 17.0. The van der Waals surface area contributed by atoms with Crippen molar-refractivity contribution in [1.29, 1.82) is 0 Å². The number of rotatable bonds is 8. The van der Waals surface area contributed by atoms with E-state index >= 15 is 0 Å². The van der Waals surface area contributed by atoms with Crippen LogP contribution in [0.4, 0.5) is 4.39 Å². The van der Waals surface area contributed by atoms with Gasteiger partial charge in [0.2, 0.25) is 0 Å². The molecule has 3 aromatic rings.